The number of nitrogens with one attached hydrogen (secondary N) is 1. The molecule has 22 heavy (non-hydrogen) atoms. The number of benzene rings is 1. The lowest BCUT2D eigenvalue weighted by Crippen LogP contribution is -2.40. The summed E-state index contributed by atoms with van der Waals surface area (Å²) >= 11 is 1.84. The molecule has 1 aromatic rings. The summed E-state index contributed by atoms with van der Waals surface area (Å²) in [6.07, 6.45) is 3.75. The zero-order valence-electron chi connectivity index (χ0n) is 13.5. The van der Waals surface area contributed by atoms with Gasteiger partial charge in [-0.25, -0.2) is 0 Å². The van der Waals surface area contributed by atoms with Crippen LogP contribution in [-0.2, 0) is 4.79 Å². The van der Waals surface area contributed by atoms with E-state index in [2.05, 4.69) is 48.3 Å². The van der Waals surface area contributed by atoms with Crippen molar-refractivity contribution in [3.05, 3.63) is 29.8 Å². The molecule has 3 nitrogen and oxygen atoms in total. The fourth-order valence-electron chi connectivity index (χ4n) is 2.71. The van der Waals surface area contributed by atoms with Crippen LogP contribution in [0.2, 0.25) is 0 Å². The Balaban J connectivity index is 0.00000242. The fraction of sp³-hybridized carbons (Fsp3) is 0.588. The van der Waals surface area contributed by atoms with Gasteiger partial charge in [0.15, 0.2) is 0 Å². The van der Waals surface area contributed by atoms with E-state index in [0.717, 1.165) is 18.8 Å². The molecule has 1 aliphatic heterocycles. The standard InChI is InChI=1S/C17H26N2OS.ClH/c1-3-21-16-9-7-15(8-10-16)14(2)18-17(20)13-19-11-5-4-6-12-19;/h7-10,14H,3-6,11-13H2,1-2H3,(H,18,20);1H. The van der Waals surface area contributed by atoms with E-state index < -0.39 is 0 Å². The molecule has 1 saturated heterocycles. The van der Waals surface area contributed by atoms with Crippen LogP contribution in [0.3, 0.4) is 0 Å². The van der Waals surface area contributed by atoms with Gasteiger partial charge in [-0.1, -0.05) is 25.5 Å². The number of carbonyl (C=O) groups excluding carboxylic acids is 1. The highest BCUT2D eigenvalue weighted by Crippen LogP contribution is 2.20. The van der Waals surface area contributed by atoms with Crippen LogP contribution in [-0.4, -0.2) is 36.2 Å². The Labute approximate surface area is 144 Å². The highest BCUT2D eigenvalue weighted by atomic mass is 35.5. The van der Waals surface area contributed by atoms with E-state index in [4.69, 9.17) is 0 Å². The van der Waals surface area contributed by atoms with E-state index in [-0.39, 0.29) is 24.4 Å². The van der Waals surface area contributed by atoms with Crippen LogP contribution in [0.15, 0.2) is 29.2 Å². The van der Waals surface area contributed by atoms with Gasteiger partial charge in [0.05, 0.1) is 12.6 Å². The van der Waals surface area contributed by atoms with Crippen molar-refractivity contribution < 1.29 is 4.79 Å². The minimum Gasteiger partial charge on any atom is -0.348 e. The van der Waals surface area contributed by atoms with Gasteiger partial charge in [-0.15, -0.1) is 24.2 Å². The van der Waals surface area contributed by atoms with Crippen LogP contribution >= 0.6 is 24.2 Å². The quantitative estimate of drug-likeness (QED) is 0.796. The molecular weight excluding hydrogens is 316 g/mol. The lowest BCUT2D eigenvalue weighted by Gasteiger charge is -2.26. The third-order valence-electron chi connectivity index (χ3n) is 3.88. The predicted octanol–water partition coefficient (Wildman–Crippen LogP) is 3.88. The molecule has 1 aromatic carbocycles. The lowest BCUT2D eigenvalue weighted by molar-refractivity contribution is -0.123. The number of piperidine rings is 1. The molecule has 0 spiro atoms. The summed E-state index contributed by atoms with van der Waals surface area (Å²) in [6, 6.07) is 8.57. The number of rotatable bonds is 6. The maximum Gasteiger partial charge on any atom is 0.234 e. The zero-order chi connectivity index (χ0) is 15.1. The maximum absolute atomic E-state index is 12.1. The zero-order valence-corrected chi connectivity index (χ0v) is 15.1. The maximum atomic E-state index is 12.1. The molecule has 0 aliphatic carbocycles. The molecule has 2 rings (SSSR count). The Morgan fingerprint density at radius 1 is 1.23 bits per heavy atom. The first-order chi connectivity index (χ1) is 10.2. The second-order valence-electron chi connectivity index (χ2n) is 5.63. The average molecular weight is 343 g/mol. The summed E-state index contributed by atoms with van der Waals surface area (Å²) in [5.74, 6) is 1.22. The Kier molecular flexibility index (Phi) is 8.91. The topological polar surface area (TPSA) is 32.3 Å². The molecule has 1 unspecified atom stereocenters. The molecule has 0 aromatic heterocycles. The molecule has 124 valence electrons. The van der Waals surface area contributed by atoms with Crippen molar-refractivity contribution in [2.75, 3.05) is 25.4 Å². The van der Waals surface area contributed by atoms with Crippen molar-refractivity contribution in [3.8, 4) is 0 Å². The van der Waals surface area contributed by atoms with Gasteiger partial charge in [-0.05, 0) is 56.3 Å². The van der Waals surface area contributed by atoms with Gasteiger partial charge in [0.1, 0.15) is 0 Å². The average Bonchev–Trinajstić information content (AvgIpc) is 2.49. The van der Waals surface area contributed by atoms with Crippen molar-refractivity contribution in [2.45, 2.75) is 44.0 Å². The molecule has 0 bridgehead atoms. The number of nitrogens with zero attached hydrogens (tertiary/aromatic N) is 1. The molecule has 0 radical (unpaired) electrons. The number of hydrogen-bond acceptors (Lipinski definition) is 3. The Hall–Kier alpha value is -0.710. The molecule has 1 heterocycles. The molecular formula is C17H27ClN2OS. The molecule has 5 heteroatoms. The first kappa shape index (κ1) is 19.3. The minimum atomic E-state index is 0. The molecule has 1 fully saturated rings. The van der Waals surface area contributed by atoms with Gasteiger partial charge in [0.2, 0.25) is 5.91 Å². The summed E-state index contributed by atoms with van der Waals surface area (Å²) in [5, 5.41) is 3.11. The van der Waals surface area contributed by atoms with Crippen LogP contribution in [0, 0.1) is 0 Å². The van der Waals surface area contributed by atoms with Crippen LogP contribution in [0.1, 0.15) is 44.7 Å². The predicted molar refractivity (Wildman–Crippen MR) is 96.9 cm³/mol. The summed E-state index contributed by atoms with van der Waals surface area (Å²) in [6.45, 7) is 6.86. The van der Waals surface area contributed by atoms with E-state index in [1.54, 1.807) is 0 Å². The van der Waals surface area contributed by atoms with Gasteiger partial charge in [0, 0.05) is 4.90 Å². The van der Waals surface area contributed by atoms with Gasteiger partial charge < -0.3 is 5.32 Å². The van der Waals surface area contributed by atoms with Crippen molar-refractivity contribution >= 4 is 30.1 Å². The Morgan fingerprint density at radius 2 is 1.86 bits per heavy atom. The summed E-state index contributed by atoms with van der Waals surface area (Å²) in [7, 11) is 0. The van der Waals surface area contributed by atoms with Crippen LogP contribution in [0.5, 0.6) is 0 Å². The first-order valence-corrected chi connectivity index (χ1v) is 8.92. The van der Waals surface area contributed by atoms with Gasteiger partial charge in [0.25, 0.3) is 0 Å². The normalized spacial score (nSPS) is 16.6. The highest BCUT2D eigenvalue weighted by molar-refractivity contribution is 7.99. The number of amides is 1. The number of halogens is 1. The van der Waals surface area contributed by atoms with E-state index >= 15 is 0 Å². The number of thioether (sulfide) groups is 1. The van der Waals surface area contributed by atoms with Crippen molar-refractivity contribution in [3.63, 3.8) is 0 Å². The minimum absolute atomic E-state index is 0. The van der Waals surface area contributed by atoms with Crippen molar-refractivity contribution in [2.24, 2.45) is 0 Å². The second-order valence-corrected chi connectivity index (χ2v) is 6.97. The van der Waals surface area contributed by atoms with Crippen LogP contribution in [0.4, 0.5) is 0 Å². The van der Waals surface area contributed by atoms with E-state index in [1.165, 1.54) is 29.7 Å². The third kappa shape index (κ3) is 6.19. The fourth-order valence-corrected chi connectivity index (χ4v) is 3.37. The van der Waals surface area contributed by atoms with Gasteiger partial charge in [-0.2, -0.15) is 0 Å². The molecule has 1 aliphatic rings. The molecule has 1 atom stereocenters. The van der Waals surface area contributed by atoms with Crippen molar-refractivity contribution in [1.82, 2.24) is 10.2 Å². The third-order valence-corrected chi connectivity index (χ3v) is 4.78. The SMILES string of the molecule is CCSc1ccc(C(C)NC(=O)CN2CCCCC2)cc1.Cl. The summed E-state index contributed by atoms with van der Waals surface area (Å²) in [4.78, 5) is 15.6. The summed E-state index contributed by atoms with van der Waals surface area (Å²) in [5.41, 5.74) is 1.17. The van der Waals surface area contributed by atoms with Gasteiger partial charge in [-0.3, -0.25) is 9.69 Å². The van der Waals surface area contributed by atoms with E-state index in [0.29, 0.717) is 6.54 Å². The number of carbonyl (C=O) groups is 1. The van der Waals surface area contributed by atoms with Gasteiger partial charge >= 0.3 is 0 Å². The first-order valence-electron chi connectivity index (χ1n) is 7.93. The monoisotopic (exact) mass is 342 g/mol. The van der Waals surface area contributed by atoms with Crippen molar-refractivity contribution in [1.29, 1.82) is 0 Å². The number of hydrogen-bond donors (Lipinski definition) is 1. The van der Waals surface area contributed by atoms with E-state index in [1.807, 2.05) is 11.8 Å². The van der Waals surface area contributed by atoms with Crippen LogP contribution < -0.4 is 5.32 Å². The molecule has 1 amide bonds. The van der Waals surface area contributed by atoms with E-state index in [9.17, 15) is 4.79 Å². The lowest BCUT2D eigenvalue weighted by atomic mass is 10.1. The highest BCUT2D eigenvalue weighted by Gasteiger charge is 2.15. The molecule has 1 N–H and O–H groups in total. The number of likely N-dealkylation sites (tertiary alicyclic amines) is 1. The smallest absolute Gasteiger partial charge is 0.234 e. The second kappa shape index (κ2) is 10.1. The largest absolute Gasteiger partial charge is 0.348 e. The molecule has 0 saturated carbocycles. The summed E-state index contributed by atoms with van der Waals surface area (Å²) < 4.78 is 0. The Morgan fingerprint density at radius 3 is 2.45 bits per heavy atom. The Bertz CT molecular complexity index is 446. The van der Waals surface area contributed by atoms with Crippen LogP contribution in [0.25, 0.3) is 0 Å².